The predicted octanol–water partition coefficient (Wildman–Crippen LogP) is 4.01. The lowest BCUT2D eigenvalue weighted by Crippen LogP contribution is -2.55. The predicted molar refractivity (Wildman–Crippen MR) is 135 cm³/mol. The molecule has 6 nitrogen and oxygen atoms in total. The first-order valence-electron chi connectivity index (χ1n) is 12.3. The molecule has 0 aromatic heterocycles. The number of piperidine rings is 1. The fourth-order valence-electron chi connectivity index (χ4n) is 4.80. The summed E-state index contributed by atoms with van der Waals surface area (Å²) in [5.74, 6) is -0.530. The zero-order chi connectivity index (χ0) is 24.6. The maximum atomic E-state index is 13.2. The SMILES string of the molecule is O=C(N[C@@H]1CCCC[C@H]1NC(=O)[C@H]1CCCN(C(=O)CSc2ccccc2)C1)c1ccc(F)cc1. The molecule has 35 heavy (non-hydrogen) atoms. The van der Waals surface area contributed by atoms with Crippen LogP contribution < -0.4 is 10.6 Å². The van der Waals surface area contributed by atoms with Gasteiger partial charge in [-0.25, -0.2) is 4.39 Å². The lowest BCUT2D eigenvalue weighted by atomic mass is 9.88. The van der Waals surface area contributed by atoms with Crippen molar-refractivity contribution in [3.8, 4) is 0 Å². The van der Waals surface area contributed by atoms with E-state index in [1.54, 1.807) is 4.90 Å². The Hall–Kier alpha value is -2.87. The van der Waals surface area contributed by atoms with E-state index in [-0.39, 0.29) is 41.5 Å². The molecular formula is C27H32FN3O3S. The number of halogens is 1. The van der Waals surface area contributed by atoms with Crippen molar-refractivity contribution >= 4 is 29.5 Å². The normalized spacial score (nSPS) is 22.3. The molecule has 4 rings (SSSR count). The Morgan fingerprint density at radius 3 is 2.29 bits per heavy atom. The van der Waals surface area contributed by atoms with Gasteiger partial charge in [-0.05, 0) is 62.1 Å². The average molecular weight is 498 g/mol. The van der Waals surface area contributed by atoms with Crippen LogP contribution in [0.3, 0.4) is 0 Å². The van der Waals surface area contributed by atoms with Crippen LogP contribution in [0.1, 0.15) is 48.9 Å². The number of nitrogens with zero attached hydrogens (tertiary/aromatic N) is 1. The molecule has 1 aliphatic carbocycles. The molecular weight excluding hydrogens is 465 g/mol. The van der Waals surface area contributed by atoms with Crippen LogP contribution >= 0.6 is 11.8 Å². The second-order valence-electron chi connectivity index (χ2n) is 9.27. The molecule has 2 N–H and O–H groups in total. The number of benzene rings is 2. The van der Waals surface area contributed by atoms with E-state index in [2.05, 4.69) is 10.6 Å². The van der Waals surface area contributed by atoms with E-state index in [1.165, 1.54) is 36.0 Å². The lowest BCUT2D eigenvalue weighted by Gasteiger charge is -2.36. The van der Waals surface area contributed by atoms with E-state index in [0.29, 0.717) is 24.4 Å². The van der Waals surface area contributed by atoms with Crippen LogP contribution in [-0.2, 0) is 9.59 Å². The molecule has 1 aliphatic heterocycles. The molecule has 2 aromatic carbocycles. The van der Waals surface area contributed by atoms with E-state index in [9.17, 15) is 18.8 Å². The molecule has 2 aromatic rings. The molecule has 0 bridgehead atoms. The Labute approximate surface area is 210 Å². The number of carbonyl (C=O) groups is 3. The Morgan fingerprint density at radius 1 is 0.886 bits per heavy atom. The topological polar surface area (TPSA) is 78.5 Å². The number of hydrogen-bond acceptors (Lipinski definition) is 4. The van der Waals surface area contributed by atoms with E-state index < -0.39 is 0 Å². The third kappa shape index (κ3) is 7.07. The number of hydrogen-bond donors (Lipinski definition) is 2. The first-order valence-corrected chi connectivity index (χ1v) is 13.3. The minimum atomic E-state index is -0.386. The van der Waals surface area contributed by atoms with Gasteiger partial charge in [0.15, 0.2) is 0 Å². The summed E-state index contributed by atoms with van der Waals surface area (Å²) < 4.78 is 13.2. The molecule has 186 valence electrons. The van der Waals surface area contributed by atoms with Crippen LogP contribution in [0.15, 0.2) is 59.5 Å². The van der Waals surface area contributed by atoms with Crippen molar-refractivity contribution in [2.45, 2.75) is 55.5 Å². The van der Waals surface area contributed by atoms with Crippen molar-refractivity contribution in [2.24, 2.45) is 5.92 Å². The molecule has 8 heteroatoms. The summed E-state index contributed by atoms with van der Waals surface area (Å²) in [7, 11) is 0. The summed E-state index contributed by atoms with van der Waals surface area (Å²) >= 11 is 1.51. The smallest absolute Gasteiger partial charge is 0.251 e. The highest BCUT2D eigenvalue weighted by molar-refractivity contribution is 8.00. The summed E-state index contributed by atoms with van der Waals surface area (Å²) in [4.78, 5) is 41.4. The van der Waals surface area contributed by atoms with Gasteiger partial charge < -0.3 is 15.5 Å². The van der Waals surface area contributed by atoms with Gasteiger partial charge in [-0.3, -0.25) is 14.4 Å². The highest BCUT2D eigenvalue weighted by atomic mass is 32.2. The monoisotopic (exact) mass is 497 g/mol. The fraction of sp³-hybridized carbons (Fsp3) is 0.444. The van der Waals surface area contributed by atoms with Crippen molar-refractivity contribution in [1.29, 1.82) is 0 Å². The second kappa shape index (κ2) is 12.2. The largest absolute Gasteiger partial charge is 0.351 e. The molecule has 2 fully saturated rings. The number of rotatable bonds is 7. The maximum absolute atomic E-state index is 13.2. The van der Waals surface area contributed by atoms with Crippen molar-refractivity contribution in [3.63, 3.8) is 0 Å². The van der Waals surface area contributed by atoms with Gasteiger partial charge in [-0.15, -0.1) is 11.8 Å². The number of nitrogens with one attached hydrogen (secondary N) is 2. The first-order chi connectivity index (χ1) is 17.0. The van der Waals surface area contributed by atoms with Gasteiger partial charge in [0.2, 0.25) is 11.8 Å². The van der Waals surface area contributed by atoms with Crippen LogP contribution in [0.4, 0.5) is 4.39 Å². The van der Waals surface area contributed by atoms with E-state index in [0.717, 1.165) is 43.4 Å². The molecule has 1 saturated carbocycles. The molecule has 3 amide bonds. The van der Waals surface area contributed by atoms with Crippen molar-refractivity contribution in [3.05, 3.63) is 66.0 Å². The summed E-state index contributed by atoms with van der Waals surface area (Å²) in [5, 5.41) is 6.19. The molecule has 2 aliphatic rings. The fourth-order valence-corrected chi connectivity index (χ4v) is 5.62. The number of carbonyl (C=O) groups excluding carboxylic acids is 3. The molecule has 0 unspecified atom stereocenters. The molecule has 0 radical (unpaired) electrons. The van der Waals surface area contributed by atoms with Crippen LogP contribution in [0, 0.1) is 11.7 Å². The second-order valence-corrected chi connectivity index (χ2v) is 10.3. The van der Waals surface area contributed by atoms with Crippen molar-refractivity contribution in [2.75, 3.05) is 18.8 Å². The van der Waals surface area contributed by atoms with Gasteiger partial charge in [0.1, 0.15) is 5.82 Å². The molecule has 3 atom stereocenters. The van der Waals surface area contributed by atoms with Crippen LogP contribution in [0.5, 0.6) is 0 Å². The summed E-state index contributed by atoms with van der Waals surface area (Å²) in [6.07, 6.45) is 5.09. The van der Waals surface area contributed by atoms with E-state index in [1.807, 2.05) is 30.3 Å². The highest BCUT2D eigenvalue weighted by Gasteiger charge is 2.33. The number of thioether (sulfide) groups is 1. The Kier molecular flexibility index (Phi) is 8.79. The summed E-state index contributed by atoms with van der Waals surface area (Å²) in [5.41, 5.74) is 0.400. The average Bonchev–Trinajstić information content (AvgIpc) is 2.89. The Bertz CT molecular complexity index is 1020. The standard InChI is InChI=1S/C27H32FN3O3S/c28-21-14-12-19(13-15-21)26(33)29-23-10-4-5-11-24(23)30-27(34)20-7-6-16-31(17-20)25(32)18-35-22-8-2-1-3-9-22/h1-3,8-9,12-15,20,23-24H,4-7,10-11,16-18H2,(H,29,33)(H,30,34)/t20-,23+,24+/m0/s1. The van der Waals surface area contributed by atoms with Crippen molar-refractivity contribution in [1.82, 2.24) is 15.5 Å². The lowest BCUT2D eigenvalue weighted by molar-refractivity contribution is -0.134. The zero-order valence-corrected chi connectivity index (χ0v) is 20.6. The molecule has 1 heterocycles. The minimum Gasteiger partial charge on any atom is -0.351 e. The van der Waals surface area contributed by atoms with Gasteiger partial charge in [-0.2, -0.15) is 0 Å². The molecule has 1 saturated heterocycles. The van der Waals surface area contributed by atoms with Crippen LogP contribution in [-0.4, -0.2) is 53.5 Å². The van der Waals surface area contributed by atoms with E-state index >= 15 is 0 Å². The van der Waals surface area contributed by atoms with Gasteiger partial charge in [0, 0.05) is 35.6 Å². The number of amides is 3. The Morgan fingerprint density at radius 2 is 1.57 bits per heavy atom. The highest BCUT2D eigenvalue weighted by Crippen LogP contribution is 2.23. The first kappa shape index (κ1) is 25.2. The Balaban J connectivity index is 1.30. The van der Waals surface area contributed by atoms with Gasteiger partial charge >= 0.3 is 0 Å². The van der Waals surface area contributed by atoms with Gasteiger partial charge in [-0.1, -0.05) is 31.0 Å². The quantitative estimate of drug-likeness (QED) is 0.567. The van der Waals surface area contributed by atoms with E-state index in [4.69, 9.17) is 0 Å². The van der Waals surface area contributed by atoms with Gasteiger partial charge in [0.05, 0.1) is 11.7 Å². The van der Waals surface area contributed by atoms with Crippen LogP contribution in [0.25, 0.3) is 0 Å². The minimum absolute atomic E-state index is 0.0499. The summed E-state index contributed by atoms with van der Waals surface area (Å²) in [6, 6.07) is 15.0. The third-order valence-corrected chi connectivity index (χ3v) is 7.76. The molecule has 0 spiro atoms. The van der Waals surface area contributed by atoms with Crippen LogP contribution in [0.2, 0.25) is 0 Å². The maximum Gasteiger partial charge on any atom is 0.251 e. The third-order valence-electron chi connectivity index (χ3n) is 6.77. The zero-order valence-electron chi connectivity index (χ0n) is 19.8. The van der Waals surface area contributed by atoms with Gasteiger partial charge in [0.25, 0.3) is 5.91 Å². The number of likely N-dealkylation sites (tertiary alicyclic amines) is 1. The summed E-state index contributed by atoms with van der Waals surface area (Å²) in [6.45, 7) is 1.11. The van der Waals surface area contributed by atoms with Crippen molar-refractivity contribution < 1.29 is 18.8 Å².